The van der Waals surface area contributed by atoms with E-state index in [1.54, 1.807) is 6.33 Å². The predicted octanol–water partition coefficient (Wildman–Crippen LogP) is 1.84. The SMILES string of the molecule is Cc1nc(CNc2cc(N3C[C@H](O)C[C@@H]3CN(C)C)ncn2)nc2ccccc12. The standard InChI is InChI=1S/C21H27N7O/c1-14-17-6-4-5-7-18(17)26-20(25-14)10-22-19-9-21(24-13-23-19)28-12-16(29)8-15(28)11-27(2)3/h4-7,9,13,15-16,29H,8,10-12H2,1-3H3,(H,22,23,24)/t15-,16-/m1/s1. The number of rotatable bonds is 6. The molecule has 3 heterocycles. The molecule has 8 nitrogen and oxygen atoms in total. The molecule has 2 aromatic heterocycles. The molecule has 0 bridgehead atoms. The van der Waals surface area contributed by atoms with Crippen LogP contribution in [-0.2, 0) is 6.54 Å². The number of aryl methyl sites for hydroxylation is 1. The molecule has 1 fully saturated rings. The highest BCUT2D eigenvalue weighted by molar-refractivity contribution is 5.80. The molecule has 1 aromatic carbocycles. The third kappa shape index (κ3) is 4.44. The minimum Gasteiger partial charge on any atom is -0.391 e. The first-order valence-electron chi connectivity index (χ1n) is 9.87. The molecule has 8 heteroatoms. The molecule has 29 heavy (non-hydrogen) atoms. The lowest BCUT2D eigenvalue weighted by Gasteiger charge is -2.27. The van der Waals surface area contributed by atoms with Crippen LogP contribution in [0.2, 0.25) is 0 Å². The molecular weight excluding hydrogens is 366 g/mol. The van der Waals surface area contributed by atoms with E-state index in [1.807, 2.05) is 51.4 Å². The summed E-state index contributed by atoms with van der Waals surface area (Å²) in [5.41, 5.74) is 1.91. The third-order valence-corrected chi connectivity index (χ3v) is 5.18. The molecule has 0 unspecified atom stereocenters. The Labute approximate surface area is 170 Å². The Kier molecular flexibility index (Phi) is 5.55. The van der Waals surface area contributed by atoms with Gasteiger partial charge in [0.2, 0.25) is 0 Å². The van der Waals surface area contributed by atoms with Gasteiger partial charge in [-0.1, -0.05) is 18.2 Å². The normalized spacial score (nSPS) is 19.3. The number of anilines is 2. The number of aromatic nitrogens is 4. The van der Waals surface area contributed by atoms with Gasteiger partial charge < -0.3 is 20.2 Å². The van der Waals surface area contributed by atoms with Gasteiger partial charge in [0.1, 0.15) is 23.8 Å². The van der Waals surface area contributed by atoms with Crippen molar-refractivity contribution in [1.82, 2.24) is 24.8 Å². The van der Waals surface area contributed by atoms with Gasteiger partial charge in [0.05, 0.1) is 18.2 Å². The minimum atomic E-state index is -0.333. The topological polar surface area (TPSA) is 90.3 Å². The fraction of sp³-hybridized carbons (Fsp3) is 0.429. The molecule has 0 spiro atoms. The number of benzene rings is 1. The largest absolute Gasteiger partial charge is 0.391 e. The first kappa shape index (κ1) is 19.5. The van der Waals surface area contributed by atoms with Gasteiger partial charge in [-0.2, -0.15) is 0 Å². The van der Waals surface area contributed by atoms with Crippen LogP contribution in [0.3, 0.4) is 0 Å². The van der Waals surface area contributed by atoms with E-state index in [4.69, 9.17) is 0 Å². The van der Waals surface area contributed by atoms with E-state index in [-0.39, 0.29) is 12.1 Å². The summed E-state index contributed by atoms with van der Waals surface area (Å²) in [4.78, 5) is 22.3. The number of nitrogens with one attached hydrogen (secondary N) is 1. The van der Waals surface area contributed by atoms with Crippen molar-refractivity contribution in [3.8, 4) is 0 Å². The molecule has 4 rings (SSSR count). The molecule has 0 amide bonds. The van der Waals surface area contributed by atoms with Crippen LogP contribution in [0.4, 0.5) is 11.6 Å². The number of likely N-dealkylation sites (N-methyl/N-ethyl adjacent to an activating group) is 1. The molecule has 0 radical (unpaired) electrons. The summed E-state index contributed by atoms with van der Waals surface area (Å²) in [5.74, 6) is 2.26. The number of aliphatic hydroxyl groups excluding tert-OH is 1. The number of hydrogen-bond donors (Lipinski definition) is 2. The summed E-state index contributed by atoms with van der Waals surface area (Å²) in [6, 6.07) is 10.2. The Morgan fingerprint density at radius 3 is 2.86 bits per heavy atom. The highest BCUT2D eigenvalue weighted by Crippen LogP contribution is 2.26. The van der Waals surface area contributed by atoms with Crippen molar-refractivity contribution in [3.63, 3.8) is 0 Å². The van der Waals surface area contributed by atoms with Gasteiger partial charge in [-0.3, -0.25) is 0 Å². The van der Waals surface area contributed by atoms with E-state index in [1.165, 1.54) is 0 Å². The quantitative estimate of drug-likeness (QED) is 0.656. The van der Waals surface area contributed by atoms with Crippen LogP contribution >= 0.6 is 0 Å². The minimum absolute atomic E-state index is 0.231. The van der Waals surface area contributed by atoms with E-state index >= 15 is 0 Å². The molecule has 3 aromatic rings. The molecule has 1 aliphatic rings. The smallest absolute Gasteiger partial charge is 0.148 e. The molecular formula is C21H27N7O. The van der Waals surface area contributed by atoms with Crippen molar-refractivity contribution < 1.29 is 5.11 Å². The van der Waals surface area contributed by atoms with Gasteiger partial charge >= 0.3 is 0 Å². The molecule has 1 aliphatic heterocycles. The van der Waals surface area contributed by atoms with Crippen LogP contribution in [0.1, 0.15) is 17.9 Å². The molecule has 152 valence electrons. The summed E-state index contributed by atoms with van der Waals surface area (Å²) in [6.07, 6.45) is 1.97. The number of nitrogens with zero attached hydrogens (tertiary/aromatic N) is 6. The lowest BCUT2D eigenvalue weighted by Crippen LogP contribution is -2.38. The second kappa shape index (κ2) is 8.26. The van der Waals surface area contributed by atoms with E-state index in [0.29, 0.717) is 13.1 Å². The van der Waals surface area contributed by atoms with Crippen LogP contribution in [0.5, 0.6) is 0 Å². The van der Waals surface area contributed by atoms with Gasteiger partial charge in [-0.15, -0.1) is 0 Å². The zero-order chi connectivity index (χ0) is 20.4. The maximum Gasteiger partial charge on any atom is 0.148 e. The third-order valence-electron chi connectivity index (χ3n) is 5.18. The number of β-amino-alcohol motifs (C(OH)–C–C–N with tert-alkyl or cyclic N) is 1. The zero-order valence-corrected chi connectivity index (χ0v) is 17.1. The average Bonchev–Trinajstić information content (AvgIpc) is 3.06. The Balaban J connectivity index is 1.49. The van der Waals surface area contributed by atoms with Gasteiger partial charge in [0, 0.05) is 36.3 Å². The fourth-order valence-corrected chi connectivity index (χ4v) is 3.91. The van der Waals surface area contributed by atoms with Gasteiger partial charge in [0.15, 0.2) is 0 Å². The van der Waals surface area contributed by atoms with Gasteiger partial charge in [-0.05, 0) is 33.5 Å². The lowest BCUT2D eigenvalue weighted by atomic mass is 10.2. The summed E-state index contributed by atoms with van der Waals surface area (Å²) >= 11 is 0. The summed E-state index contributed by atoms with van der Waals surface area (Å²) in [6.45, 7) is 3.93. The molecule has 1 saturated heterocycles. The van der Waals surface area contributed by atoms with Crippen LogP contribution in [0, 0.1) is 6.92 Å². The fourth-order valence-electron chi connectivity index (χ4n) is 3.91. The van der Waals surface area contributed by atoms with Crippen molar-refractivity contribution in [3.05, 3.63) is 48.2 Å². The summed E-state index contributed by atoms with van der Waals surface area (Å²) < 4.78 is 0. The van der Waals surface area contributed by atoms with Crippen molar-refractivity contribution in [2.45, 2.75) is 32.0 Å². The first-order valence-corrected chi connectivity index (χ1v) is 9.87. The predicted molar refractivity (Wildman–Crippen MR) is 114 cm³/mol. The monoisotopic (exact) mass is 393 g/mol. The van der Waals surface area contributed by atoms with Crippen LogP contribution in [0.15, 0.2) is 36.7 Å². The second-order valence-electron chi connectivity index (χ2n) is 7.82. The molecule has 2 N–H and O–H groups in total. The van der Waals surface area contributed by atoms with Crippen LogP contribution in [0.25, 0.3) is 10.9 Å². The Morgan fingerprint density at radius 1 is 1.21 bits per heavy atom. The Morgan fingerprint density at radius 2 is 2.03 bits per heavy atom. The van der Waals surface area contributed by atoms with Crippen molar-refractivity contribution in [1.29, 1.82) is 0 Å². The number of hydrogen-bond acceptors (Lipinski definition) is 8. The van der Waals surface area contributed by atoms with Gasteiger partial charge in [-0.25, -0.2) is 19.9 Å². The molecule has 2 atom stereocenters. The number of aliphatic hydroxyl groups is 1. The van der Waals surface area contributed by atoms with Crippen molar-refractivity contribution >= 4 is 22.5 Å². The Bertz CT molecular complexity index is 994. The molecule has 0 aliphatic carbocycles. The average molecular weight is 393 g/mol. The maximum absolute atomic E-state index is 10.1. The maximum atomic E-state index is 10.1. The molecule has 0 saturated carbocycles. The van der Waals surface area contributed by atoms with E-state index in [9.17, 15) is 5.11 Å². The highest BCUT2D eigenvalue weighted by Gasteiger charge is 2.32. The van der Waals surface area contributed by atoms with E-state index < -0.39 is 0 Å². The summed E-state index contributed by atoms with van der Waals surface area (Å²) in [7, 11) is 4.09. The number of fused-ring (bicyclic) bond motifs is 1. The van der Waals surface area contributed by atoms with Gasteiger partial charge in [0.25, 0.3) is 0 Å². The van der Waals surface area contributed by atoms with E-state index in [0.717, 1.165) is 47.0 Å². The lowest BCUT2D eigenvalue weighted by molar-refractivity contribution is 0.191. The second-order valence-corrected chi connectivity index (χ2v) is 7.82. The number of para-hydroxylation sites is 1. The van der Waals surface area contributed by atoms with Crippen LogP contribution < -0.4 is 10.2 Å². The van der Waals surface area contributed by atoms with Crippen molar-refractivity contribution in [2.75, 3.05) is 37.4 Å². The first-order chi connectivity index (χ1) is 14.0. The zero-order valence-electron chi connectivity index (χ0n) is 17.1. The van der Waals surface area contributed by atoms with Crippen molar-refractivity contribution in [2.24, 2.45) is 0 Å². The summed E-state index contributed by atoms with van der Waals surface area (Å²) in [5, 5.41) is 14.5. The Hall–Kier alpha value is -2.84. The van der Waals surface area contributed by atoms with Crippen LogP contribution in [-0.4, -0.2) is 69.3 Å². The van der Waals surface area contributed by atoms with E-state index in [2.05, 4.69) is 35.1 Å². The highest BCUT2D eigenvalue weighted by atomic mass is 16.3.